The Labute approximate surface area is 126 Å². The lowest BCUT2D eigenvalue weighted by Gasteiger charge is -2.12. The van der Waals surface area contributed by atoms with E-state index in [9.17, 15) is 4.79 Å². The quantitative estimate of drug-likeness (QED) is 0.721. The fourth-order valence-corrected chi connectivity index (χ4v) is 1.42. The van der Waals surface area contributed by atoms with Crippen molar-refractivity contribution >= 4 is 5.97 Å². The summed E-state index contributed by atoms with van der Waals surface area (Å²) in [6.45, 7) is 12.4. The van der Waals surface area contributed by atoms with Crippen LogP contribution in [0.3, 0.4) is 0 Å². The zero-order valence-electron chi connectivity index (χ0n) is 13.8. The van der Waals surface area contributed by atoms with E-state index >= 15 is 0 Å². The van der Waals surface area contributed by atoms with Crippen LogP contribution in [0.2, 0.25) is 0 Å². The maximum atomic E-state index is 11.8. The lowest BCUT2D eigenvalue weighted by atomic mass is 9.96. The second-order valence-electron chi connectivity index (χ2n) is 6.56. The van der Waals surface area contributed by atoms with E-state index in [1.807, 2.05) is 20.8 Å². The first kappa shape index (κ1) is 17.6. The first-order valence-electron chi connectivity index (χ1n) is 7.31. The highest BCUT2D eigenvalue weighted by atomic mass is 16.6. The molecule has 1 aromatic rings. The summed E-state index contributed by atoms with van der Waals surface area (Å²) >= 11 is 0. The van der Waals surface area contributed by atoms with Gasteiger partial charge in [0.2, 0.25) is 0 Å². The van der Waals surface area contributed by atoms with Crippen LogP contribution in [0, 0.1) is 5.92 Å². The van der Waals surface area contributed by atoms with Gasteiger partial charge in [0.1, 0.15) is 0 Å². The van der Waals surface area contributed by atoms with Crippen molar-refractivity contribution < 1.29 is 18.8 Å². The van der Waals surface area contributed by atoms with E-state index in [0.29, 0.717) is 24.2 Å². The Bertz CT molecular complexity index is 449. The molecule has 0 bridgehead atoms. The summed E-state index contributed by atoms with van der Waals surface area (Å²) in [6, 6.07) is 0. The van der Waals surface area contributed by atoms with E-state index in [0.717, 1.165) is 6.42 Å². The second-order valence-corrected chi connectivity index (χ2v) is 6.56. The van der Waals surface area contributed by atoms with E-state index < -0.39 is 12.1 Å². The van der Waals surface area contributed by atoms with E-state index in [1.165, 1.54) is 0 Å². The second kappa shape index (κ2) is 7.54. The van der Waals surface area contributed by atoms with Crippen LogP contribution in [0.5, 0.6) is 0 Å². The summed E-state index contributed by atoms with van der Waals surface area (Å²) in [4.78, 5) is 16.0. The van der Waals surface area contributed by atoms with Gasteiger partial charge in [0.25, 0.3) is 5.89 Å². The molecule has 120 valence electrons. The average Bonchev–Trinajstić information content (AvgIpc) is 2.83. The molecule has 6 heteroatoms. The average molecular weight is 298 g/mol. The van der Waals surface area contributed by atoms with Gasteiger partial charge in [-0.05, 0) is 19.3 Å². The number of hydrogen-bond acceptors (Lipinski definition) is 6. The van der Waals surface area contributed by atoms with Crippen molar-refractivity contribution in [3.63, 3.8) is 0 Å². The molecule has 0 spiro atoms. The molecule has 1 rings (SSSR count). The van der Waals surface area contributed by atoms with Crippen LogP contribution in [-0.4, -0.2) is 28.8 Å². The van der Waals surface area contributed by atoms with Crippen molar-refractivity contribution in [2.24, 2.45) is 5.92 Å². The zero-order valence-corrected chi connectivity index (χ0v) is 13.8. The summed E-state index contributed by atoms with van der Waals surface area (Å²) in [7, 11) is 0. The molecule has 0 aliphatic rings. The molecule has 0 saturated carbocycles. The van der Waals surface area contributed by atoms with Crippen molar-refractivity contribution in [3.05, 3.63) is 11.7 Å². The molecule has 1 atom stereocenters. The van der Waals surface area contributed by atoms with Crippen molar-refractivity contribution in [1.29, 1.82) is 0 Å². The van der Waals surface area contributed by atoms with Gasteiger partial charge in [-0.3, -0.25) is 0 Å². The molecule has 0 aliphatic carbocycles. The lowest BCUT2D eigenvalue weighted by molar-refractivity contribution is -0.158. The Morgan fingerprint density at radius 3 is 2.48 bits per heavy atom. The fraction of sp³-hybridized carbons (Fsp3) is 0.800. The van der Waals surface area contributed by atoms with Crippen LogP contribution < -0.4 is 0 Å². The van der Waals surface area contributed by atoms with E-state index in [4.69, 9.17) is 14.0 Å². The number of nitrogens with zero attached hydrogens (tertiary/aromatic N) is 2. The maximum absolute atomic E-state index is 11.8. The van der Waals surface area contributed by atoms with Crippen molar-refractivity contribution in [2.45, 2.75) is 66.1 Å². The molecule has 0 radical (unpaired) electrons. The van der Waals surface area contributed by atoms with Gasteiger partial charge in [-0.2, -0.15) is 4.98 Å². The number of carbonyl (C=O) groups excluding carboxylic acids is 1. The third-order valence-electron chi connectivity index (χ3n) is 2.87. The van der Waals surface area contributed by atoms with E-state index in [1.54, 1.807) is 6.92 Å². The van der Waals surface area contributed by atoms with Crippen molar-refractivity contribution in [2.75, 3.05) is 6.61 Å². The molecule has 0 amide bonds. The Kier molecular flexibility index (Phi) is 6.33. The van der Waals surface area contributed by atoms with Gasteiger partial charge in [0, 0.05) is 12.0 Å². The standard InChI is InChI=1S/C15H26N2O4/c1-10(2)7-8-19-11(3)13(18)20-9-12-16-14(17-21-12)15(4,5)6/h10-11H,7-9H2,1-6H3. The lowest BCUT2D eigenvalue weighted by Crippen LogP contribution is -2.24. The summed E-state index contributed by atoms with van der Waals surface area (Å²) in [6.07, 6.45) is 0.324. The van der Waals surface area contributed by atoms with Crippen LogP contribution in [0.15, 0.2) is 4.52 Å². The number of rotatable bonds is 7. The van der Waals surface area contributed by atoms with Crippen molar-refractivity contribution in [1.82, 2.24) is 10.1 Å². The smallest absolute Gasteiger partial charge is 0.335 e. The van der Waals surface area contributed by atoms with Gasteiger partial charge in [0.15, 0.2) is 18.5 Å². The van der Waals surface area contributed by atoms with Crippen LogP contribution >= 0.6 is 0 Å². The summed E-state index contributed by atoms with van der Waals surface area (Å²) in [5.41, 5.74) is -0.195. The maximum Gasteiger partial charge on any atom is 0.335 e. The van der Waals surface area contributed by atoms with E-state index in [-0.39, 0.29) is 12.0 Å². The molecular formula is C15H26N2O4. The molecule has 0 N–H and O–H groups in total. The number of ether oxygens (including phenoxy) is 2. The molecular weight excluding hydrogens is 272 g/mol. The molecule has 1 aromatic heterocycles. The minimum atomic E-state index is -0.589. The third kappa shape index (κ3) is 6.25. The molecule has 1 heterocycles. The molecule has 0 aliphatic heterocycles. The Morgan fingerprint density at radius 1 is 1.29 bits per heavy atom. The largest absolute Gasteiger partial charge is 0.454 e. The first-order valence-corrected chi connectivity index (χ1v) is 7.31. The number of esters is 1. The molecule has 0 aromatic carbocycles. The summed E-state index contributed by atoms with van der Waals surface area (Å²) in [5.74, 6) is 1.01. The highest BCUT2D eigenvalue weighted by Crippen LogP contribution is 2.18. The molecule has 0 fully saturated rings. The van der Waals surface area contributed by atoms with Gasteiger partial charge in [-0.1, -0.05) is 39.8 Å². The number of carbonyl (C=O) groups is 1. The van der Waals surface area contributed by atoms with Crippen LogP contribution in [-0.2, 0) is 26.3 Å². The molecule has 6 nitrogen and oxygen atoms in total. The van der Waals surface area contributed by atoms with E-state index in [2.05, 4.69) is 24.0 Å². The predicted octanol–water partition coefficient (Wildman–Crippen LogP) is 2.86. The van der Waals surface area contributed by atoms with Gasteiger partial charge >= 0.3 is 5.97 Å². The third-order valence-corrected chi connectivity index (χ3v) is 2.87. The van der Waals surface area contributed by atoms with Gasteiger partial charge in [0.05, 0.1) is 0 Å². The minimum Gasteiger partial charge on any atom is -0.454 e. The van der Waals surface area contributed by atoms with Crippen LogP contribution in [0.4, 0.5) is 0 Å². The number of aromatic nitrogens is 2. The molecule has 0 saturated heterocycles. The zero-order chi connectivity index (χ0) is 16.0. The SMILES string of the molecule is CC(C)CCOC(C)C(=O)OCc1nc(C(C)(C)C)no1. The molecule has 21 heavy (non-hydrogen) atoms. The summed E-state index contributed by atoms with van der Waals surface area (Å²) < 4.78 is 15.6. The van der Waals surface area contributed by atoms with Crippen LogP contribution in [0.25, 0.3) is 0 Å². The van der Waals surface area contributed by atoms with Gasteiger partial charge in [-0.15, -0.1) is 0 Å². The van der Waals surface area contributed by atoms with Crippen LogP contribution in [0.1, 0.15) is 59.7 Å². The fourth-order valence-electron chi connectivity index (χ4n) is 1.42. The van der Waals surface area contributed by atoms with Gasteiger partial charge in [-0.25, -0.2) is 4.79 Å². The highest BCUT2D eigenvalue weighted by molar-refractivity contribution is 5.74. The first-order chi connectivity index (χ1) is 9.70. The molecule has 1 unspecified atom stereocenters. The number of hydrogen-bond donors (Lipinski definition) is 0. The Morgan fingerprint density at radius 2 is 1.95 bits per heavy atom. The summed E-state index contributed by atoms with van der Waals surface area (Å²) in [5, 5.41) is 3.87. The van der Waals surface area contributed by atoms with Crippen molar-refractivity contribution in [3.8, 4) is 0 Å². The predicted molar refractivity (Wildman–Crippen MR) is 77.7 cm³/mol. The normalized spacial score (nSPS) is 13.5. The highest BCUT2D eigenvalue weighted by Gasteiger charge is 2.22. The monoisotopic (exact) mass is 298 g/mol. The Balaban J connectivity index is 2.37. The topological polar surface area (TPSA) is 74.5 Å². The minimum absolute atomic E-state index is 0.0280. The Hall–Kier alpha value is -1.43. The van der Waals surface area contributed by atoms with Gasteiger partial charge < -0.3 is 14.0 Å².